The predicted molar refractivity (Wildman–Crippen MR) is 134 cm³/mol. The molecule has 3 heterocycles. The number of rotatable bonds is 10. The molecule has 0 unspecified atom stereocenters. The minimum atomic E-state index is -0.319. The van der Waals surface area contributed by atoms with Crippen LogP contribution in [0.5, 0.6) is 17.4 Å². The lowest BCUT2D eigenvalue weighted by molar-refractivity contribution is 0.301. The highest BCUT2D eigenvalue weighted by atomic mass is 16.5. The molecule has 0 radical (unpaired) electrons. The zero-order valence-corrected chi connectivity index (χ0v) is 19.3. The van der Waals surface area contributed by atoms with Crippen LogP contribution >= 0.6 is 0 Å². The van der Waals surface area contributed by atoms with Crippen molar-refractivity contribution in [2.45, 2.75) is 32.5 Å². The summed E-state index contributed by atoms with van der Waals surface area (Å²) in [6, 6.07) is 19.6. The molecule has 0 saturated heterocycles. The lowest BCUT2D eigenvalue weighted by atomic mass is 10.1. The van der Waals surface area contributed by atoms with Crippen molar-refractivity contribution in [3.63, 3.8) is 0 Å². The van der Waals surface area contributed by atoms with Gasteiger partial charge in [0.25, 0.3) is 0 Å². The maximum atomic E-state index is 12.9. The third kappa shape index (κ3) is 5.27. The van der Waals surface area contributed by atoms with E-state index < -0.39 is 0 Å². The van der Waals surface area contributed by atoms with Crippen molar-refractivity contribution in [1.82, 2.24) is 13.8 Å². The van der Waals surface area contributed by atoms with E-state index in [1.165, 1.54) is 15.4 Å². The Morgan fingerprint density at radius 2 is 1.80 bits per heavy atom. The number of fused-ring (bicyclic) bond motifs is 1. The van der Waals surface area contributed by atoms with Crippen LogP contribution < -0.4 is 20.6 Å². The van der Waals surface area contributed by atoms with Crippen LogP contribution in [0, 0.1) is 0 Å². The van der Waals surface area contributed by atoms with Gasteiger partial charge in [-0.25, -0.2) is 9.47 Å². The van der Waals surface area contributed by atoms with Crippen molar-refractivity contribution in [2.75, 3.05) is 12.0 Å². The molecule has 0 saturated carbocycles. The van der Waals surface area contributed by atoms with Crippen LogP contribution in [0.2, 0.25) is 0 Å². The third-order valence-electron chi connectivity index (χ3n) is 5.93. The maximum absolute atomic E-state index is 12.9. The number of aryl methyl sites for hydroxylation is 1. The molecular weight excluding hydrogens is 444 g/mol. The minimum Gasteiger partial charge on any atom is -0.493 e. The van der Waals surface area contributed by atoms with E-state index in [4.69, 9.17) is 9.47 Å². The van der Waals surface area contributed by atoms with Crippen LogP contribution in [0.3, 0.4) is 0 Å². The molecule has 35 heavy (non-hydrogen) atoms. The van der Waals surface area contributed by atoms with Crippen LogP contribution in [0.25, 0.3) is 5.70 Å². The van der Waals surface area contributed by atoms with Crippen molar-refractivity contribution in [2.24, 2.45) is 0 Å². The monoisotopic (exact) mass is 472 g/mol. The second-order valence-corrected chi connectivity index (χ2v) is 8.39. The van der Waals surface area contributed by atoms with E-state index in [9.17, 15) is 9.90 Å². The molecule has 0 bridgehead atoms. The molecule has 180 valence electrons. The Kier molecular flexibility index (Phi) is 6.61. The summed E-state index contributed by atoms with van der Waals surface area (Å²) in [6.45, 7) is 2.15. The van der Waals surface area contributed by atoms with E-state index in [-0.39, 0.29) is 11.6 Å². The number of ether oxygens (including phenoxy) is 2. The molecule has 2 N–H and O–H groups in total. The zero-order valence-electron chi connectivity index (χ0n) is 19.3. The van der Waals surface area contributed by atoms with E-state index >= 15 is 0 Å². The Morgan fingerprint density at radius 1 is 1.00 bits per heavy atom. The van der Waals surface area contributed by atoms with E-state index in [2.05, 4.69) is 9.99 Å². The van der Waals surface area contributed by atoms with Gasteiger partial charge in [0.15, 0.2) is 0 Å². The smallest absolute Gasteiger partial charge is 0.349 e. The predicted octanol–water partition coefficient (Wildman–Crippen LogP) is 4.19. The standard InChI is InChI=1S/C27H28N4O4/c32-26-19-31(27(33)30(26)16-7-6-15-29-13-4-5-14-29)28-24-12-17-34-25-18-22(10-11-23(24)25)35-20-21-8-2-1-3-9-21/h1-5,8-14,18-19,28,32H,6-7,15-17,20H2. The highest BCUT2D eigenvalue weighted by Gasteiger charge is 2.18. The van der Waals surface area contributed by atoms with Gasteiger partial charge in [-0.1, -0.05) is 30.3 Å². The van der Waals surface area contributed by atoms with Gasteiger partial charge in [0.2, 0.25) is 5.88 Å². The molecule has 0 aliphatic carbocycles. The van der Waals surface area contributed by atoms with Gasteiger partial charge in [-0.15, -0.1) is 0 Å². The van der Waals surface area contributed by atoms with Gasteiger partial charge in [0.1, 0.15) is 24.7 Å². The number of nitrogens with one attached hydrogen (secondary N) is 1. The molecule has 8 heteroatoms. The van der Waals surface area contributed by atoms with Gasteiger partial charge in [-0.3, -0.25) is 9.99 Å². The van der Waals surface area contributed by atoms with Crippen LogP contribution in [-0.2, 0) is 19.7 Å². The van der Waals surface area contributed by atoms with Crippen LogP contribution in [-0.4, -0.2) is 25.5 Å². The van der Waals surface area contributed by atoms with Crippen LogP contribution in [0.1, 0.15) is 24.0 Å². The third-order valence-corrected chi connectivity index (χ3v) is 5.93. The first-order chi connectivity index (χ1) is 17.2. The Bertz CT molecular complexity index is 1350. The fraction of sp³-hybridized carbons (Fsp3) is 0.222. The quantitative estimate of drug-likeness (QED) is 0.338. The van der Waals surface area contributed by atoms with Crippen LogP contribution in [0.4, 0.5) is 0 Å². The number of benzene rings is 2. The molecule has 4 aromatic rings. The first kappa shape index (κ1) is 22.5. The topological polar surface area (TPSA) is 82.6 Å². The first-order valence-corrected chi connectivity index (χ1v) is 11.7. The lowest BCUT2D eigenvalue weighted by Crippen LogP contribution is -2.30. The summed E-state index contributed by atoms with van der Waals surface area (Å²) >= 11 is 0. The Labute approximate surface area is 203 Å². The number of aromatic nitrogens is 3. The van der Waals surface area contributed by atoms with Crippen molar-refractivity contribution in [3.8, 4) is 17.4 Å². The molecule has 2 aromatic heterocycles. The molecule has 0 amide bonds. The summed E-state index contributed by atoms with van der Waals surface area (Å²) in [5, 5.41) is 10.3. The average Bonchev–Trinajstić information content (AvgIpc) is 3.49. The number of hydrogen-bond acceptors (Lipinski definition) is 5. The molecule has 1 aliphatic rings. The fourth-order valence-corrected chi connectivity index (χ4v) is 4.08. The van der Waals surface area contributed by atoms with Crippen molar-refractivity contribution in [3.05, 3.63) is 107 Å². The van der Waals surface area contributed by atoms with Gasteiger partial charge >= 0.3 is 5.69 Å². The molecule has 8 nitrogen and oxygen atoms in total. The molecule has 0 spiro atoms. The molecule has 5 rings (SSSR count). The SMILES string of the molecule is O=c1n(NC2=CCOc3cc(OCc4ccccc4)ccc32)cc(O)n1CCCCn1cccc1. The number of aromatic hydroxyl groups is 1. The number of hydrogen-bond donors (Lipinski definition) is 2. The number of nitrogens with zero attached hydrogens (tertiary/aromatic N) is 3. The van der Waals surface area contributed by atoms with Crippen molar-refractivity contribution in [1.29, 1.82) is 0 Å². The molecular formula is C27H28N4O4. The van der Waals surface area contributed by atoms with E-state index in [1.807, 2.05) is 79.1 Å². The number of unbranched alkanes of at least 4 members (excludes halogenated alkanes) is 1. The van der Waals surface area contributed by atoms with Gasteiger partial charge in [-0.05, 0) is 48.7 Å². The molecule has 1 aliphatic heterocycles. The van der Waals surface area contributed by atoms with Gasteiger partial charge in [0, 0.05) is 37.1 Å². The normalized spacial score (nSPS) is 12.5. The van der Waals surface area contributed by atoms with Gasteiger partial charge < -0.3 is 19.1 Å². The van der Waals surface area contributed by atoms with Gasteiger partial charge in [0.05, 0.1) is 11.9 Å². The van der Waals surface area contributed by atoms with E-state index in [0.29, 0.717) is 31.3 Å². The van der Waals surface area contributed by atoms with Crippen molar-refractivity contribution < 1.29 is 14.6 Å². The number of imidazole rings is 1. The zero-order chi connectivity index (χ0) is 24.0. The van der Waals surface area contributed by atoms with E-state index in [1.54, 1.807) is 0 Å². The summed E-state index contributed by atoms with van der Waals surface area (Å²) in [7, 11) is 0. The van der Waals surface area contributed by atoms with E-state index in [0.717, 1.165) is 36.2 Å². The Hall–Kier alpha value is -4.33. The second kappa shape index (κ2) is 10.3. The van der Waals surface area contributed by atoms with Crippen LogP contribution in [0.15, 0.2) is 90.1 Å². The average molecular weight is 473 g/mol. The summed E-state index contributed by atoms with van der Waals surface area (Å²) in [5.74, 6) is 1.30. The second-order valence-electron chi connectivity index (χ2n) is 8.39. The van der Waals surface area contributed by atoms with Gasteiger partial charge in [-0.2, -0.15) is 0 Å². The Balaban J connectivity index is 1.23. The fourth-order valence-electron chi connectivity index (χ4n) is 4.08. The largest absolute Gasteiger partial charge is 0.493 e. The highest BCUT2D eigenvalue weighted by molar-refractivity contribution is 5.75. The molecule has 2 aromatic carbocycles. The maximum Gasteiger partial charge on any atom is 0.349 e. The summed E-state index contributed by atoms with van der Waals surface area (Å²) in [4.78, 5) is 12.9. The Morgan fingerprint density at radius 3 is 2.63 bits per heavy atom. The first-order valence-electron chi connectivity index (χ1n) is 11.7. The highest BCUT2D eigenvalue weighted by Crippen LogP contribution is 2.32. The summed E-state index contributed by atoms with van der Waals surface area (Å²) < 4.78 is 16.5. The molecule has 0 atom stereocenters. The minimum absolute atomic E-state index is 0.0685. The lowest BCUT2D eigenvalue weighted by Gasteiger charge is -2.20. The van der Waals surface area contributed by atoms with Crippen molar-refractivity contribution >= 4 is 5.70 Å². The molecule has 0 fully saturated rings. The summed E-state index contributed by atoms with van der Waals surface area (Å²) in [6.07, 6.45) is 8.99. The summed E-state index contributed by atoms with van der Waals surface area (Å²) in [5.41, 5.74) is 5.43.